The number of piperazine rings is 1. The SMILES string of the molecule is CC(C)N1CCN2C[C@@H]1C(=O)N1CCC(CC1)N1CCC[C@H]1C(=O)NC1(CCN(C(=O)c3ccc(F)cc3)CC1)CC2=O. The quantitative estimate of drug-likeness (QED) is 0.559. The number of nitrogens with zero attached hydrogens (tertiary/aromatic N) is 5. The summed E-state index contributed by atoms with van der Waals surface area (Å²) in [5.74, 6) is -0.551. The molecular weight excluding hydrogens is 551 g/mol. The van der Waals surface area contributed by atoms with Gasteiger partial charge in [-0.15, -0.1) is 0 Å². The number of amides is 4. The van der Waals surface area contributed by atoms with Crippen LogP contribution < -0.4 is 5.32 Å². The molecule has 1 aromatic rings. The van der Waals surface area contributed by atoms with Gasteiger partial charge in [0, 0.05) is 63.5 Å². The molecule has 7 rings (SSSR count). The number of piperidine rings is 2. The predicted octanol–water partition coefficient (Wildman–Crippen LogP) is 1.70. The van der Waals surface area contributed by atoms with Crippen molar-refractivity contribution in [3.63, 3.8) is 0 Å². The Labute approximate surface area is 253 Å². The van der Waals surface area contributed by atoms with Gasteiger partial charge in [0.25, 0.3) is 5.91 Å². The van der Waals surface area contributed by atoms with Crippen LogP contribution in [0, 0.1) is 5.82 Å². The largest absolute Gasteiger partial charge is 0.349 e. The summed E-state index contributed by atoms with van der Waals surface area (Å²) in [6.45, 7) is 8.71. The molecule has 0 radical (unpaired) electrons. The summed E-state index contributed by atoms with van der Waals surface area (Å²) in [6, 6.07) is 5.36. The fourth-order valence-corrected chi connectivity index (χ4v) is 8.00. The Bertz CT molecular complexity index is 1220. The van der Waals surface area contributed by atoms with Crippen LogP contribution in [0.2, 0.25) is 0 Å². The van der Waals surface area contributed by atoms with Gasteiger partial charge >= 0.3 is 0 Å². The summed E-state index contributed by atoms with van der Waals surface area (Å²) < 4.78 is 13.4. The molecule has 1 aromatic carbocycles. The highest BCUT2D eigenvalue weighted by Crippen LogP contribution is 2.32. The third-order valence-electron chi connectivity index (χ3n) is 10.5. The molecule has 6 heterocycles. The van der Waals surface area contributed by atoms with Gasteiger partial charge in [-0.2, -0.15) is 0 Å². The van der Waals surface area contributed by atoms with Crippen molar-refractivity contribution in [1.29, 1.82) is 0 Å². The highest BCUT2D eigenvalue weighted by molar-refractivity contribution is 5.94. The number of rotatable bonds is 2. The van der Waals surface area contributed by atoms with Gasteiger partial charge < -0.3 is 20.0 Å². The Morgan fingerprint density at radius 3 is 2.26 bits per heavy atom. The van der Waals surface area contributed by atoms with Crippen LogP contribution in [0.5, 0.6) is 0 Å². The number of carbonyl (C=O) groups is 4. The van der Waals surface area contributed by atoms with Crippen molar-refractivity contribution in [1.82, 2.24) is 29.8 Å². The van der Waals surface area contributed by atoms with Crippen LogP contribution in [0.4, 0.5) is 4.39 Å². The second kappa shape index (κ2) is 12.1. The van der Waals surface area contributed by atoms with E-state index in [1.807, 2.05) is 9.80 Å². The predicted molar refractivity (Wildman–Crippen MR) is 159 cm³/mol. The maximum atomic E-state index is 14.0. The lowest BCUT2D eigenvalue weighted by molar-refractivity contribution is -0.146. The van der Waals surface area contributed by atoms with E-state index in [1.54, 1.807) is 4.90 Å². The molecule has 0 aromatic heterocycles. The number of hydrogen-bond acceptors (Lipinski definition) is 6. The Balaban J connectivity index is 1.27. The highest BCUT2D eigenvalue weighted by atomic mass is 19.1. The van der Waals surface area contributed by atoms with Crippen LogP contribution in [0.3, 0.4) is 0 Å². The number of carbonyl (C=O) groups excluding carboxylic acids is 4. The number of nitrogens with one attached hydrogen (secondary N) is 1. The Morgan fingerprint density at radius 2 is 1.58 bits per heavy atom. The second-order valence-electron chi connectivity index (χ2n) is 13.4. The number of halogens is 1. The van der Waals surface area contributed by atoms with Gasteiger partial charge in [-0.1, -0.05) is 0 Å². The first-order valence-electron chi connectivity index (χ1n) is 16.1. The van der Waals surface area contributed by atoms with E-state index in [9.17, 15) is 23.6 Å². The van der Waals surface area contributed by atoms with Gasteiger partial charge in [0.1, 0.15) is 11.9 Å². The molecule has 43 heavy (non-hydrogen) atoms. The van der Waals surface area contributed by atoms with E-state index in [1.165, 1.54) is 24.3 Å². The molecule has 4 amide bonds. The molecule has 0 aliphatic carbocycles. The monoisotopic (exact) mass is 596 g/mol. The molecule has 11 heteroatoms. The minimum absolute atomic E-state index is 0.0282. The third-order valence-corrected chi connectivity index (χ3v) is 10.5. The van der Waals surface area contributed by atoms with Crippen LogP contribution in [-0.2, 0) is 14.4 Å². The summed E-state index contributed by atoms with van der Waals surface area (Å²) in [6.07, 6.45) is 4.46. The van der Waals surface area contributed by atoms with Gasteiger partial charge in [0.05, 0.1) is 18.0 Å². The Morgan fingerprint density at radius 1 is 0.884 bits per heavy atom. The minimum atomic E-state index is -0.779. The molecule has 6 saturated heterocycles. The average molecular weight is 597 g/mol. The van der Waals surface area contributed by atoms with Crippen molar-refractivity contribution in [3.8, 4) is 0 Å². The summed E-state index contributed by atoms with van der Waals surface area (Å²) >= 11 is 0. The van der Waals surface area contributed by atoms with E-state index in [4.69, 9.17) is 0 Å². The van der Waals surface area contributed by atoms with Crippen molar-refractivity contribution < 1.29 is 23.6 Å². The van der Waals surface area contributed by atoms with E-state index in [0.29, 0.717) is 64.2 Å². The molecule has 234 valence electrons. The third kappa shape index (κ3) is 6.02. The molecule has 0 unspecified atom stereocenters. The smallest absolute Gasteiger partial charge is 0.253 e. The second-order valence-corrected chi connectivity index (χ2v) is 13.4. The van der Waals surface area contributed by atoms with E-state index >= 15 is 0 Å². The van der Waals surface area contributed by atoms with Crippen molar-refractivity contribution in [2.45, 2.75) is 88.5 Å². The van der Waals surface area contributed by atoms with Crippen LogP contribution in [-0.4, -0.2) is 130 Å². The van der Waals surface area contributed by atoms with Crippen LogP contribution in [0.1, 0.15) is 69.2 Å². The molecule has 6 fully saturated rings. The summed E-state index contributed by atoms with van der Waals surface area (Å²) in [7, 11) is 0. The fraction of sp³-hybridized carbons (Fsp3) is 0.688. The van der Waals surface area contributed by atoms with Crippen LogP contribution >= 0.6 is 0 Å². The molecule has 4 bridgehead atoms. The van der Waals surface area contributed by atoms with Crippen molar-refractivity contribution in [3.05, 3.63) is 35.6 Å². The fourth-order valence-electron chi connectivity index (χ4n) is 8.00. The van der Waals surface area contributed by atoms with Gasteiger partial charge in [-0.05, 0) is 83.2 Å². The van der Waals surface area contributed by atoms with Crippen LogP contribution in [0.15, 0.2) is 24.3 Å². The highest BCUT2D eigenvalue weighted by Gasteiger charge is 2.46. The van der Waals surface area contributed by atoms with Gasteiger partial charge in [0.2, 0.25) is 17.7 Å². The number of likely N-dealkylation sites (tertiary alicyclic amines) is 1. The Kier molecular flexibility index (Phi) is 8.48. The maximum absolute atomic E-state index is 14.0. The van der Waals surface area contributed by atoms with E-state index in [2.05, 4.69) is 29.0 Å². The molecule has 6 aliphatic heterocycles. The van der Waals surface area contributed by atoms with Crippen LogP contribution in [0.25, 0.3) is 0 Å². The molecule has 10 nitrogen and oxygen atoms in total. The lowest BCUT2D eigenvalue weighted by atomic mass is 9.83. The lowest BCUT2D eigenvalue weighted by Crippen LogP contribution is -2.64. The molecule has 6 aliphatic rings. The number of benzene rings is 1. The standard InChI is InChI=1S/C32H45FN6O4/c1-22(2)38-19-18-37-21-27(38)31(43)35-14-9-25(10-15-35)39-13-3-4-26(39)29(41)34-32(20-28(37)40)11-16-36(17-12-32)30(42)23-5-7-24(33)8-6-23/h5-8,22,25-27H,3-4,9-21H2,1-2H3,(H,34,41)/t26-,27+/m0/s1. The molecule has 0 saturated carbocycles. The number of fused-ring (bicyclic) bond motifs is 4. The van der Waals surface area contributed by atoms with Gasteiger partial charge in [0.15, 0.2) is 0 Å². The van der Waals surface area contributed by atoms with Crippen molar-refractivity contribution in [2.75, 3.05) is 52.4 Å². The summed E-state index contributed by atoms with van der Waals surface area (Å²) in [5.41, 5.74) is -0.357. The van der Waals surface area contributed by atoms with Crippen molar-refractivity contribution >= 4 is 23.6 Å². The zero-order valence-corrected chi connectivity index (χ0v) is 25.5. The van der Waals surface area contributed by atoms with E-state index < -0.39 is 11.4 Å². The first-order chi connectivity index (χ1) is 20.6. The van der Waals surface area contributed by atoms with E-state index in [0.717, 1.165) is 32.2 Å². The minimum Gasteiger partial charge on any atom is -0.349 e. The maximum Gasteiger partial charge on any atom is 0.253 e. The molecular formula is C32H45FN6O4. The zero-order chi connectivity index (χ0) is 30.3. The normalized spacial score (nSPS) is 27.8. The lowest BCUT2D eigenvalue weighted by Gasteiger charge is -2.46. The summed E-state index contributed by atoms with van der Waals surface area (Å²) in [5, 5.41) is 3.37. The molecule has 1 spiro atoms. The van der Waals surface area contributed by atoms with E-state index in [-0.39, 0.29) is 54.2 Å². The number of hydrogen-bond donors (Lipinski definition) is 1. The molecule has 1 N–H and O–H groups in total. The van der Waals surface area contributed by atoms with Crippen molar-refractivity contribution in [2.24, 2.45) is 0 Å². The Hall–Kier alpha value is -3.05. The summed E-state index contributed by atoms with van der Waals surface area (Å²) in [4.78, 5) is 65.1. The van der Waals surface area contributed by atoms with Gasteiger partial charge in [-0.25, -0.2) is 4.39 Å². The zero-order valence-electron chi connectivity index (χ0n) is 25.5. The average Bonchev–Trinajstić information content (AvgIpc) is 3.51. The first-order valence-corrected chi connectivity index (χ1v) is 16.1. The first kappa shape index (κ1) is 30.0. The van der Waals surface area contributed by atoms with Gasteiger partial charge in [-0.3, -0.25) is 29.0 Å². The molecule has 2 atom stereocenters. The topological polar surface area (TPSA) is 96.5 Å².